The minimum absolute atomic E-state index is 0.229. The molecule has 1 atom stereocenters. The normalized spacial score (nSPS) is 20.1. The van der Waals surface area contributed by atoms with Crippen LogP contribution >= 0.6 is 27.3 Å². The van der Waals surface area contributed by atoms with Gasteiger partial charge in [-0.15, -0.1) is 11.3 Å². The monoisotopic (exact) mass is 344 g/mol. The van der Waals surface area contributed by atoms with Gasteiger partial charge in [-0.1, -0.05) is 26.7 Å². The highest BCUT2D eigenvalue weighted by molar-refractivity contribution is 9.10. The van der Waals surface area contributed by atoms with Crippen molar-refractivity contribution in [2.75, 3.05) is 13.1 Å². The minimum atomic E-state index is 0.229. The van der Waals surface area contributed by atoms with Crippen molar-refractivity contribution in [3.63, 3.8) is 0 Å². The summed E-state index contributed by atoms with van der Waals surface area (Å²) in [5.41, 5.74) is 6.90. The Labute approximate surface area is 129 Å². The summed E-state index contributed by atoms with van der Waals surface area (Å²) >= 11 is 5.45. The number of rotatable bonds is 6. The van der Waals surface area contributed by atoms with Gasteiger partial charge in [0.1, 0.15) is 0 Å². The van der Waals surface area contributed by atoms with Crippen molar-refractivity contribution in [1.29, 1.82) is 0 Å². The molecule has 1 aliphatic rings. The van der Waals surface area contributed by atoms with Crippen LogP contribution in [0.3, 0.4) is 0 Å². The molecule has 1 heterocycles. The van der Waals surface area contributed by atoms with Crippen LogP contribution in [0, 0.1) is 0 Å². The Bertz CT molecular complexity index is 395. The van der Waals surface area contributed by atoms with E-state index in [-0.39, 0.29) is 11.6 Å². The summed E-state index contributed by atoms with van der Waals surface area (Å²) in [4.78, 5) is 4.00. The molecule has 0 aliphatic heterocycles. The minimum Gasteiger partial charge on any atom is -0.326 e. The van der Waals surface area contributed by atoms with Gasteiger partial charge in [0.2, 0.25) is 0 Å². The van der Waals surface area contributed by atoms with Crippen molar-refractivity contribution >= 4 is 27.3 Å². The second kappa shape index (κ2) is 6.70. The van der Waals surface area contributed by atoms with Crippen molar-refractivity contribution < 1.29 is 0 Å². The number of halogens is 1. The van der Waals surface area contributed by atoms with E-state index in [0.717, 1.165) is 19.5 Å². The van der Waals surface area contributed by atoms with E-state index in [4.69, 9.17) is 5.73 Å². The topological polar surface area (TPSA) is 29.3 Å². The van der Waals surface area contributed by atoms with Crippen molar-refractivity contribution in [1.82, 2.24) is 4.90 Å². The molecule has 0 bridgehead atoms. The number of likely N-dealkylation sites (N-methyl/N-ethyl adjacent to an activating group) is 1. The molecule has 2 rings (SSSR count). The van der Waals surface area contributed by atoms with E-state index in [1.54, 1.807) is 0 Å². The fourth-order valence-electron chi connectivity index (χ4n) is 3.62. The van der Waals surface area contributed by atoms with Gasteiger partial charge >= 0.3 is 0 Å². The van der Waals surface area contributed by atoms with Crippen LogP contribution in [0.2, 0.25) is 0 Å². The fourth-order valence-corrected chi connectivity index (χ4v) is 5.20. The summed E-state index contributed by atoms with van der Waals surface area (Å²) in [7, 11) is 0. The van der Waals surface area contributed by atoms with Gasteiger partial charge in [-0.25, -0.2) is 0 Å². The molecule has 1 saturated carbocycles. The third kappa shape index (κ3) is 3.07. The first-order valence-electron chi connectivity index (χ1n) is 7.36. The molecule has 0 radical (unpaired) electrons. The van der Waals surface area contributed by atoms with Crippen LogP contribution in [0.25, 0.3) is 0 Å². The highest BCUT2D eigenvalue weighted by Crippen LogP contribution is 2.39. The molecule has 19 heavy (non-hydrogen) atoms. The first-order valence-corrected chi connectivity index (χ1v) is 9.03. The maximum absolute atomic E-state index is 6.67. The summed E-state index contributed by atoms with van der Waals surface area (Å²) < 4.78 is 1.22. The largest absolute Gasteiger partial charge is 0.326 e. The molecule has 108 valence electrons. The Morgan fingerprint density at radius 3 is 2.47 bits per heavy atom. The molecule has 2 nitrogen and oxygen atoms in total. The number of nitrogens with zero attached hydrogens (tertiary/aromatic N) is 1. The van der Waals surface area contributed by atoms with Crippen molar-refractivity contribution in [3.05, 3.63) is 20.8 Å². The van der Waals surface area contributed by atoms with Gasteiger partial charge in [0.25, 0.3) is 0 Å². The molecule has 1 fully saturated rings. The van der Waals surface area contributed by atoms with E-state index in [1.165, 1.54) is 35.0 Å². The van der Waals surface area contributed by atoms with Gasteiger partial charge < -0.3 is 5.73 Å². The van der Waals surface area contributed by atoms with Crippen LogP contribution < -0.4 is 5.73 Å². The number of nitrogens with two attached hydrogens (primary N) is 1. The number of thiophene rings is 1. The lowest BCUT2D eigenvalue weighted by atomic mass is 9.84. The Hall–Kier alpha value is 0.100. The lowest BCUT2D eigenvalue weighted by molar-refractivity contribution is 0.0774. The molecule has 1 unspecified atom stereocenters. The van der Waals surface area contributed by atoms with Crippen molar-refractivity contribution in [2.24, 2.45) is 5.73 Å². The summed E-state index contributed by atoms with van der Waals surface area (Å²) in [5, 5.41) is 2.14. The Morgan fingerprint density at radius 1 is 1.37 bits per heavy atom. The first-order chi connectivity index (χ1) is 9.14. The average Bonchev–Trinajstić information content (AvgIpc) is 3.02. The van der Waals surface area contributed by atoms with Gasteiger partial charge in [0.05, 0.1) is 0 Å². The van der Waals surface area contributed by atoms with Gasteiger partial charge in [0, 0.05) is 20.9 Å². The van der Waals surface area contributed by atoms with E-state index in [9.17, 15) is 0 Å². The lowest BCUT2D eigenvalue weighted by Gasteiger charge is -2.45. The number of hydrogen-bond acceptors (Lipinski definition) is 3. The zero-order valence-corrected chi connectivity index (χ0v) is 14.4. The smallest absolute Gasteiger partial charge is 0.0363 e. The van der Waals surface area contributed by atoms with Crippen LogP contribution in [-0.4, -0.2) is 29.6 Å². The summed E-state index contributed by atoms with van der Waals surface area (Å²) in [6.07, 6.45) is 6.18. The molecule has 0 spiro atoms. The molecule has 0 amide bonds. The summed E-state index contributed by atoms with van der Waals surface area (Å²) in [5.74, 6) is 0. The maximum atomic E-state index is 6.67. The standard InChI is InChI=1S/C15H25BrN2S/c1-3-18(4-2)15(8-5-6-9-15)14(17)11-13-12(16)7-10-19-13/h7,10,14H,3-6,8-9,11,17H2,1-2H3. The molecule has 1 aliphatic carbocycles. The third-order valence-corrected chi connectivity index (χ3v) is 6.60. The quantitative estimate of drug-likeness (QED) is 0.843. The summed E-state index contributed by atoms with van der Waals surface area (Å²) in [6.45, 7) is 6.74. The number of hydrogen-bond donors (Lipinski definition) is 1. The predicted octanol–water partition coefficient (Wildman–Crippen LogP) is 4.04. The predicted molar refractivity (Wildman–Crippen MR) is 87.8 cm³/mol. The van der Waals surface area contributed by atoms with Crippen molar-refractivity contribution in [2.45, 2.75) is 57.5 Å². The molecular weight excluding hydrogens is 320 g/mol. The second-order valence-corrected chi connectivity index (χ2v) is 7.34. The SMILES string of the molecule is CCN(CC)C1(C(N)Cc2sccc2Br)CCCC1. The van der Waals surface area contributed by atoms with E-state index in [2.05, 4.69) is 46.1 Å². The van der Waals surface area contributed by atoms with Crippen LogP contribution in [0.1, 0.15) is 44.4 Å². The molecular formula is C15H25BrN2S. The molecule has 0 saturated heterocycles. The zero-order chi connectivity index (χ0) is 13.9. The Kier molecular flexibility index (Phi) is 5.46. The van der Waals surface area contributed by atoms with Crippen LogP contribution in [0.5, 0.6) is 0 Å². The third-order valence-electron chi connectivity index (χ3n) is 4.65. The molecule has 4 heteroatoms. The van der Waals surface area contributed by atoms with Gasteiger partial charge in [-0.2, -0.15) is 0 Å². The van der Waals surface area contributed by atoms with Crippen molar-refractivity contribution in [3.8, 4) is 0 Å². The van der Waals surface area contributed by atoms with E-state index < -0.39 is 0 Å². The van der Waals surface area contributed by atoms with E-state index >= 15 is 0 Å². The van der Waals surface area contributed by atoms with Crippen LogP contribution in [0.15, 0.2) is 15.9 Å². The molecule has 1 aromatic rings. The van der Waals surface area contributed by atoms with Gasteiger partial charge in [-0.05, 0) is 59.7 Å². The highest BCUT2D eigenvalue weighted by Gasteiger charge is 2.43. The average molecular weight is 345 g/mol. The molecule has 1 aromatic heterocycles. The Balaban J connectivity index is 2.17. The fraction of sp³-hybridized carbons (Fsp3) is 0.733. The zero-order valence-electron chi connectivity index (χ0n) is 12.0. The molecule has 2 N–H and O–H groups in total. The first kappa shape index (κ1) is 15.5. The lowest BCUT2D eigenvalue weighted by Crippen LogP contribution is -2.59. The highest BCUT2D eigenvalue weighted by atomic mass is 79.9. The van der Waals surface area contributed by atoms with Crippen LogP contribution in [-0.2, 0) is 6.42 Å². The molecule has 0 aromatic carbocycles. The van der Waals surface area contributed by atoms with E-state index in [1.807, 2.05) is 11.3 Å². The maximum Gasteiger partial charge on any atom is 0.0363 e. The van der Waals surface area contributed by atoms with E-state index in [0.29, 0.717) is 0 Å². The van der Waals surface area contributed by atoms with Crippen LogP contribution in [0.4, 0.5) is 0 Å². The summed E-state index contributed by atoms with van der Waals surface area (Å²) in [6, 6.07) is 2.37. The second-order valence-electron chi connectivity index (χ2n) is 5.49. The van der Waals surface area contributed by atoms with Gasteiger partial charge in [0.15, 0.2) is 0 Å². The Morgan fingerprint density at radius 2 is 2.00 bits per heavy atom. The van der Waals surface area contributed by atoms with Gasteiger partial charge in [-0.3, -0.25) is 4.90 Å².